The number of aromatic nitrogens is 2. The molecule has 1 aromatic heterocycles. The van der Waals surface area contributed by atoms with Crippen molar-refractivity contribution >= 4 is 5.91 Å². The molecule has 0 saturated heterocycles. The van der Waals surface area contributed by atoms with Crippen LogP contribution in [0.5, 0.6) is 0 Å². The second kappa shape index (κ2) is 6.57. The van der Waals surface area contributed by atoms with Crippen molar-refractivity contribution in [1.82, 2.24) is 15.1 Å². The molecule has 0 aliphatic heterocycles. The van der Waals surface area contributed by atoms with Gasteiger partial charge in [-0.15, -0.1) is 0 Å². The van der Waals surface area contributed by atoms with Crippen LogP contribution in [0.1, 0.15) is 54.4 Å². The molecule has 23 heavy (non-hydrogen) atoms. The highest BCUT2D eigenvalue weighted by Crippen LogP contribution is 2.24. The van der Waals surface area contributed by atoms with Gasteiger partial charge in [0.1, 0.15) is 0 Å². The zero-order chi connectivity index (χ0) is 16.4. The third-order valence-corrected chi connectivity index (χ3v) is 4.81. The molecule has 1 aliphatic rings. The van der Waals surface area contributed by atoms with Gasteiger partial charge in [-0.05, 0) is 62.9 Å². The van der Waals surface area contributed by atoms with Crippen LogP contribution in [-0.4, -0.2) is 21.7 Å². The van der Waals surface area contributed by atoms with Gasteiger partial charge in [0.15, 0.2) is 0 Å². The van der Waals surface area contributed by atoms with Gasteiger partial charge in [0, 0.05) is 17.3 Å². The molecule has 3 rings (SSSR count). The maximum Gasteiger partial charge on any atom is 0.251 e. The summed E-state index contributed by atoms with van der Waals surface area (Å²) in [5.41, 5.74) is 3.79. The van der Waals surface area contributed by atoms with Gasteiger partial charge in [-0.1, -0.05) is 19.8 Å². The molecule has 1 saturated carbocycles. The third kappa shape index (κ3) is 3.46. The summed E-state index contributed by atoms with van der Waals surface area (Å²) in [6, 6.07) is 10.0. The minimum absolute atomic E-state index is 0.0312. The van der Waals surface area contributed by atoms with Crippen molar-refractivity contribution in [3.05, 3.63) is 47.3 Å². The summed E-state index contributed by atoms with van der Waals surface area (Å²) >= 11 is 0. The summed E-state index contributed by atoms with van der Waals surface area (Å²) < 4.78 is 1.90. The first kappa shape index (κ1) is 15.8. The van der Waals surface area contributed by atoms with E-state index in [-0.39, 0.29) is 5.91 Å². The van der Waals surface area contributed by atoms with E-state index in [1.165, 1.54) is 19.3 Å². The molecule has 1 N–H and O–H groups in total. The molecule has 4 heteroatoms. The molecule has 2 aromatic rings. The van der Waals surface area contributed by atoms with Gasteiger partial charge in [-0.25, -0.2) is 4.68 Å². The van der Waals surface area contributed by atoms with Crippen molar-refractivity contribution in [2.75, 3.05) is 0 Å². The smallest absolute Gasteiger partial charge is 0.251 e. The maximum absolute atomic E-state index is 12.4. The molecule has 0 spiro atoms. The van der Waals surface area contributed by atoms with Crippen molar-refractivity contribution in [3.8, 4) is 5.69 Å². The number of amides is 1. The third-order valence-electron chi connectivity index (χ3n) is 4.81. The average Bonchev–Trinajstić information content (AvgIpc) is 2.88. The Kier molecular flexibility index (Phi) is 4.51. The summed E-state index contributed by atoms with van der Waals surface area (Å²) in [4.78, 5) is 12.4. The lowest BCUT2D eigenvalue weighted by Gasteiger charge is -2.29. The number of rotatable bonds is 3. The summed E-state index contributed by atoms with van der Waals surface area (Å²) in [6.45, 7) is 6.25. The van der Waals surface area contributed by atoms with Crippen LogP contribution in [0.2, 0.25) is 0 Å². The van der Waals surface area contributed by atoms with E-state index in [1.54, 1.807) is 0 Å². The molecule has 122 valence electrons. The monoisotopic (exact) mass is 311 g/mol. The number of carbonyl (C=O) groups is 1. The van der Waals surface area contributed by atoms with E-state index in [0.717, 1.165) is 23.5 Å². The zero-order valence-corrected chi connectivity index (χ0v) is 14.2. The molecular weight excluding hydrogens is 286 g/mol. The van der Waals surface area contributed by atoms with Crippen molar-refractivity contribution in [2.45, 2.75) is 52.5 Å². The number of aryl methyl sites for hydroxylation is 2. The van der Waals surface area contributed by atoms with E-state index in [0.29, 0.717) is 17.5 Å². The fourth-order valence-electron chi connectivity index (χ4n) is 3.43. The molecule has 1 heterocycles. The number of nitrogens with zero attached hydrogens (tertiary/aromatic N) is 2. The fraction of sp³-hybridized carbons (Fsp3) is 0.474. The van der Waals surface area contributed by atoms with Gasteiger partial charge >= 0.3 is 0 Å². The highest BCUT2D eigenvalue weighted by molar-refractivity contribution is 5.94. The van der Waals surface area contributed by atoms with Crippen LogP contribution in [0.4, 0.5) is 0 Å². The highest BCUT2D eigenvalue weighted by Gasteiger charge is 2.23. The second-order valence-electron chi connectivity index (χ2n) is 6.73. The largest absolute Gasteiger partial charge is 0.349 e. The minimum atomic E-state index is 0.0312. The Bertz CT molecular complexity index is 687. The summed E-state index contributed by atoms with van der Waals surface area (Å²) in [5.74, 6) is 0.602. The Hall–Kier alpha value is -2.10. The van der Waals surface area contributed by atoms with Gasteiger partial charge < -0.3 is 5.32 Å². The van der Waals surface area contributed by atoms with Gasteiger partial charge in [0.2, 0.25) is 0 Å². The van der Waals surface area contributed by atoms with Gasteiger partial charge in [-0.2, -0.15) is 5.10 Å². The lowest BCUT2D eigenvalue weighted by atomic mass is 9.86. The Balaban J connectivity index is 1.71. The summed E-state index contributed by atoms with van der Waals surface area (Å²) in [6.07, 6.45) is 4.80. The van der Waals surface area contributed by atoms with Crippen LogP contribution in [0.25, 0.3) is 5.69 Å². The normalized spacial score (nSPS) is 21.2. The predicted octanol–water partition coefficient (Wildman–Crippen LogP) is 3.80. The average molecular weight is 311 g/mol. The number of hydrogen-bond acceptors (Lipinski definition) is 2. The van der Waals surface area contributed by atoms with Crippen LogP contribution < -0.4 is 5.32 Å². The lowest BCUT2D eigenvalue weighted by molar-refractivity contribution is 0.0910. The zero-order valence-electron chi connectivity index (χ0n) is 14.2. The van der Waals surface area contributed by atoms with E-state index in [4.69, 9.17) is 0 Å². The van der Waals surface area contributed by atoms with E-state index in [2.05, 4.69) is 17.3 Å². The first-order chi connectivity index (χ1) is 11.0. The molecule has 2 atom stereocenters. The van der Waals surface area contributed by atoms with Crippen molar-refractivity contribution in [2.24, 2.45) is 5.92 Å². The van der Waals surface area contributed by atoms with Crippen molar-refractivity contribution in [3.63, 3.8) is 0 Å². The van der Waals surface area contributed by atoms with Gasteiger partial charge in [0.05, 0.1) is 11.4 Å². The Labute approximate surface area is 137 Å². The Morgan fingerprint density at radius 1 is 1.17 bits per heavy atom. The fourth-order valence-corrected chi connectivity index (χ4v) is 3.43. The predicted molar refractivity (Wildman–Crippen MR) is 91.9 cm³/mol. The summed E-state index contributed by atoms with van der Waals surface area (Å²) in [7, 11) is 0. The van der Waals surface area contributed by atoms with Gasteiger partial charge in [-0.3, -0.25) is 4.79 Å². The lowest BCUT2D eigenvalue weighted by Crippen LogP contribution is -2.41. The van der Waals surface area contributed by atoms with Crippen LogP contribution in [0.15, 0.2) is 30.3 Å². The van der Waals surface area contributed by atoms with Crippen LogP contribution in [0.3, 0.4) is 0 Å². The Morgan fingerprint density at radius 3 is 2.48 bits per heavy atom. The molecular formula is C19H25N3O. The molecule has 1 aliphatic carbocycles. The standard InChI is InChI=1S/C19H25N3O/c1-13-6-4-5-7-18(13)20-19(23)16-8-10-17(11-9-16)22-15(3)12-14(2)21-22/h8-13,18H,4-7H2,1-3H3,(H,20,23). The molecule has 1 amide bonds. The number of carbonyl (C=O) groups excluding carboxylic acids is 1. The second-order valence-corrected chi connectivity index (χ2v) is 6.73. The molecule has 0 radical (unpaired) electrons. The summed E-state index contributed by atoms with van der Waals surface area (Å²) in [5, 5.41) is 7.67. The van der Waals surface area contributed by atoms with Crippen molar-refractivity contribution < 1.29 is 4.79 Å². The molecule has 0 bridgehead atoms. The van der Waals surface area contributed by atoms with Crippen LogP contribution in [-0.2, 0) is 0 Å². The maximum atomic E-state index is 12.4. The van der Waals surface area contributed by atoms with Gasteiger partial charge in [0.25, 0.3) is 5.91 Å². The molecule has 1 aromatic carbocycles. The van der Waals surface area contributed by atoms with Crippen LogP contribution >= 0.6 is 0 Å². The van der Waals surface area contributed by atoms with E-state index in [9.17, 15) is 4.79 Å². The first-order valence-electron chi connectivity index (χ1n) is 8.49. The molecule has 1 fully saturated rings. The van der Waals surface area contributed by atoms with E-state index < -0.39 is 0 Å². The van der Waals surface area contributed by atoms with Crippen LogP contribution in [0, 0.1) is 19.8 Å². The SMILES string of the molecule is Cc1cc(C)n(-c2ccc(C(=O)NC3CCCCC3C)cc2)n1. The number of benzene rings is 1. The quantitative estimate of drug-likeness (QED) is 0.937. The number of nitrogens with one attached hydrogen (secondary N) is 1. The highest BCUT2D eigenvalue weighted by atomic mass is 16.1. The molecule has 2 unspecified atom stereocenters. The van der Waals surface area contributed by atoms with Crippen molar-refractivity contribution in [1.29, 1.82) is 0 Å². The molecule has 4 nitrogen and oxygen atoms in total. The minimum Gasteiger partial charge on any atom is -0.349 e. The topological polar surface area (TPSA) is 46.9 Å². The van der Waals surface area contributed by atoms with E-state index >= 15 is 0 Å². The first-order valence-corrected chi connectivity index (χ1v) is 8.49. The Morgan fingerprint density at radius 2 is 1.87 bits per heavy atom. The number of hydrogen-bond donors (Lipinski definition) is 1. The van der Waals surface area contributed by atoms with E-state index in [1.807, 2.05) is 48.9 Å².